The molecule has 18 heavy (non-hydrogen) atoms. The average Bonchev–Trinajstić information content (AvgIpc) is 2.85. The van der Waals surface area contributed by atoms with Crippen LogP contribution in [0.4, 0.5) is 5.69 Å². The van der Waals surface area contributed by atoms with Crippen LogP contribution in [0.15, 0.2) is 29.8 Å². The van der Waals surface area contributed by atoms with Crippen molar-refractivity contribution in [2.24, 2.45) is 0 Å². The van der Waals surface area contributed by atoms with E-state index in [9.17, 15) is 4.79 Å². The highest BCUT2D eigenvalue weighted by molar-refractivity contribution is 7.09. The second-order valence-corrected chi connectivity index (χ2v) is 5.07. The smallest absolute Gasteiger partial charge is 0.335 e. The molecule has 1 aromatic carbocycles. The molecule has 0 spiro atoms. The van der Waals surface area contributed by atoms with E-state index in [1.807, 2.05) is 12.3 Å². The second-order valence-electron chi connectivity index (χ2n) is 3.74. The molecule has 2 N–H and O–H groups in total. The van der Waals surface area contributed by atoms with Crippen molar-refractivity contribution >= 4 is 34.6 Å². The number of nitrogens with one attached hydrogen (secondary N) is 1. The number of nitrogens with zero attached hydrogens (tertiary/aromatic N) is 1. The molecule has 2 aromatic rings. The number of anilines is 1. The third-order valence-corrected chi connectivity index (χ3v) is 3.68. The largest absolute Gasteiger partial charge is 0.478 e. The molecule has 94 valence electrons. The molecule has 0 bridgehead atoms. The van der Waals surface area contributed by atoms with Crippen molar-refractivity contribution in [3.8, 4) is 0 Å². The van der Waals surface area contributed by atoms with Crippen LogP contribution in [0.3, 0.4) is 0 Å². The van der Waals surface area contributed by atoms with Gasteiger partial charge in [-0.2, -0.15) is 0 Å². The lowest BCUT2D eigenvalue weighted by molar-refractivity contribution is 0.0697. The number of hydrogen-bond acceptors (Lipinski definition) is 4. The molecule has 0 amide bonds. The van der Waals surface area contributed by atoms with Crippen LogP contribution >= 0.6 is 22.9 Å². The Morgan fingerprint density at radius 3 is 2.89 bits per heavy atom. The van der Waals surface area contributed by atoms with Crippen molar-refractivity contribution in [2.75, 3.05) is 5.32 Å². The Balaban J connectivity index is 2.17. The number of carboxylic acids is 1. The van der Waals surface area contributed by atoms with Crippen molar-refractivity contribution in [1.29, 1.82) is 0 Å². The molecule has 0 aliphatic rings. The molecule has 0 saturated carbocycles. The lowest BCUT2D eigenvalue weighted by atomic mass is 10.2. The zero-order valence-corrected chi connectivity index (χ0v) is 11.1. The fourth-order valence-electron chi connectivity index (χ4n) is 1.51. The molecule has 0 radical (unpaired) electrons. The van der Waals surface area contributed by atoms with Gasteiger partial charge in [0.2, 0.25) is 0 Å². The van der Waals surface area contributed by atoms with Crippen molar-refractivity contribution < 1.29 is 9.90 Å². The maximum Gasteiger partial charge on any atom is 0.335 e. The first kappa shape index (κ1) is 12.9. The van der Waals surface area contributed by atoms with E-state index in [1.165, 1.54) is 12.1 Å². The van der Waals surface area contributed by atoms with Gasteiger partial charge in [0.15, 0.2) is 0 Å². The molecule has 0 aliphatic carbocycles. The van der Waals surface area contributed by atoms with Crippen LogP contribution < -0.4 is 5.32 Å². The normalized spacial score (nSPS) is 12.1. The van der Waals surface area contributed by atoms with Crippen LogP contribution in [0.5, 0.6) is 0 Å². The van der Waals surface area contributed by atoms with Gasteiger partial charge in [-0.1, -0.05) is 11.6 Å². The Labute approximate surface area is 113 Å². The number of carboxylic acid groups (broad SMARTS) is 1. The van der Waals surface area contributed by atoms with E-state index in [1.54, 1.807) is 23.6 Å². The summed E-state index contributed by atoms with van der Waals surface area (Å²) in [5, 5.41) is 15.3. The van der Waals surface area contributed by atoms with E-state index < -0.39 is 5.97 Å². The molecule has 1 atom stereocenters. The number of thiazole rings is 1. The summed E-state index contributed by atoms with van der Waals surface area (Å²) in [4.78, 5) is 15.0. The van der Waals surface area contributed by atoms with E-state index in [0.29, 0.717) is 10.7 Å². The highest BCUT2D eigenvalue weighted by Crippen LogP contribution is 2.27. The molecule has 2 rings (SSSR count). The first-order valence-corrected chi connectivity index (χ1v) is 6.52. The number of aromatic nitrogens is 1. The number of benzene rings is 1. The second kappa shape index (κ2) is 5.37. The summed E-state index contributed by atoms with van der Waals surface area (Å²) in [6, 6.07) is 4.64. The summed E-state index contributed by atoms with van der Waals surface area (Å²) < 4.78 is 0. The Kier molecular flexibility index (Phi) is 3.84. The van der Waals surface area contributed by atoms with Gasteiger partial charge in [-0.25, -0.2) is 9.78 Å². The Morgan fingerprint density at radius 1 is 1.56 bits per heavy atom. The van der Waals surface area contributed by atoms with Crippen molar-refractivity contribution in [1.82, 2.24) is 4.98 Å². The minimum absolute atomic E-state index is 0.0261. The topological polar surface area (TPSA) is 62.2 Å². The predicted octanol–water partition coefficient (Wildman–Crippen LogP) is 3.67. The van der Waals surface area contributed by atoms with E-state index in [4.69, 9.17) is 16.7 Å². The summed E-state index contributed by atoms with van der Waals surface area (Å²) in [5.74, 6) is -0.989. The zero-order valence-electron chi connectivity index (χ0n) is 9.55. The minimum Gasteiger partial charge on any atom is -0.478 e. The van der Waals surface area contributed by atoms with Crippen LogP contribution in [-0.4, -0.2) is 16.1 Å². The lowest BCUT2D eigenvalue weighted by Gasteiger charge is -2.14. The fraction of sp³-hybridized carbons (Fsp3) is 0.167. The highest BCUT2D eigenvalue weighted by Gasteiger charge is 2.11. The van der Waals surface area contributed by atoms with Gasteiger partial charge in [0.05, 0.1) is 22.3 Å². The quantitative estimate of drug-likeness (QED) is 0.898. The van der Waals surface area contributed by atoms with E-state index in [-0.39, 0.29) is 11.6 Å². The number of aromatic carboxylic acids is 1. The van der Waals surface area contributed by atoms with Crippen molar-refractivity contribution in [3.05, 3.63) is 45.4 Å². The SMILES string of the molecule is CC(Nc1ccc(C(=O)O)cc1Cl)c1nccs1. The van der Waals surface area contributed by atoms with Crippen LogP contribution in [0.25, 0.3) is 0 Å². The number of hydrogen-bond donors (Lipinski definition) is 2. The average molecular weight is 283 g/mol. The first-order valence-electron chi connectivity index (χ1n) is 5.26. The molecule has 1 unspecified atom stereocenters. The van der Waals surface area contributed by atoms with Crippen LogP contribution in [-0.2, 0) is 0 Å². The summed E-state index contributed by atoms with van der Waals surface area (Å²) in [5.41, 5.74) is 0.872. The number of rotatable bonds is 4. The Bertz CT molecular complexity index is 557. The van der Waals surface area contributed by atoms with Crippen LogP contribution in [0.1, 0.15) is 28.3 Å². The zero-order chi connectivity index (χ0) is 13.1. The monoisotopic (exact) mass is 282 g/mol. The van der Waals surface area contributed by atoms with Gasteiger partial charge in [-0.15, -0.1) is 11.3 Å². The Morgan fingerprint density at radius 2 is 2.33 bits per heavy atom. The van der Waals surface area contributed by atoms with Gasteiger partial charge in [-0.3, -0.25) is 0 Å². The molecule has 1 heterocycles. The minimum atomic E-state index is -0.989. The van der Waals surface area contributed by atoms with Crippen LogP contribution in [0, 0.1) is 0 Å². The molecule has 4 nitrogen and oxygen atoms in total. The van der Waals surface area contributed by atoms with Crippen LogP contribution in [0.2, 0.25) is 5.02 Å². The summed E-state index contributed by atoms with van der Waals surface area (Å²) in [7, 11) is 0. The fourth-order valence-corrected chi connectivity index (χ4v) is 2.39. The molecule has 1 aromatic heterocycles. The van der Waals surface area contributed by atoms with Gasteiger partial charge >= 0.3 is 5.97 Å². The molecular weight excluding hydrogens is 272 g/mol. The standard InChI is InChI=1S/C12H11ClN2O2S/c1-7(11-14-4-5-18-11)15-10-3-2-8(12(16)17)6-9(10)13/h2-7,15H,1H3,(H,16,17). The number of halogens is 1. The molecule has 0 aliphatic heterocycles. The maximum absolute atomic E-state index is 10.8. The maximum atomic E-state index is 10.8. The lowest BCUT2D eigenvalue weighted by Crippen LogP contribution is -2.07. The van der Waals surface area contributed by atoms with Crippen molar-refractivity contribution in [2.45, 2.75) is 13.0 Å². The molecular formula is C12H11ClN2O2S. The van der Waals surface area contributed by atoms with E-state index in [0.717, 1.165) is 5.01 Å². The molecule has 0 fully saturated rings. The third kappa shape index (κ3) is 2.80. The Hall–Kier alpha value is -1.59. The van der Waals surface area contributed by atoms with Crippen molar-refractivity contribution in [3.63, 3.8) is 0 Å². The van der Waals surface area contributed by atoms with E-state index in [2.05, 4.69) is 10.3 Å². The molecule has 0 saturated heterocycles. The first-order chi connectivity index (χ1) is 8.58. The summed E-state index contributed by atoms with van der Waals surface area (Å²) in [6.07, 6.45) is 1.74. The van der Waals surface area contributed by atoms with Gasteiger partial charge in [0.1, 0.15) is 5.01 Å². The van der Waals surface area contributed by atoms with E-state index >= 15 is 0 Å². The predicted molar refractivity (Wildman–Crippen MR) is 72.6 cm³/mol. The van der Waals surface area contributed by atoms with Gasteiger partial charge in [0.25, 0.3) is 0 Å². The molecule has 6 heteroatoms. The highest BCUT2D eigenvalue weighted by atomic mass is 35.5. The third-order valence-electron chi connectivity index (χ3n) is 2.41. The summed E-state index contributed by atoms with van der Waals surface area (Å²) in [6.45, 7) is 1.97. The van der Waals surface area contributed by atoms with Gasteiger partial charge in [-0.05, 0) is 25.1 Å². The number of carbonyl (C=O) groups is 1. The van der Waals surface area contributed by atoms with Gasteiger partial charge < -0.3 is 10.4 Å². The van der Waals surface area contributed by atoms with Gasteiger partial charge in [0, 0.05) is 11.6 Å². The summed E-state index contributed by atoms with van der Waals surface area (Å²) >= 11 is 7.59.